The summed E-state index contributed by atoms with van der Waals surface area (Å²) in [5.41, 5.74) is 1.82. The number of nitrogens with one attached hydrogen (secondary N) is 2. The zero-order chi connectivity index (χ0) is 23.3. The minimum atomic E-state index is -3.80. The Labute approximate surface area is 195 Å². The third-order valence-electron chi connectivity index (χ3n) is 4.40. The van der Waals surface area contributed by atoms with E-state index in [9.17, 15) is 18.0 Å². The lowest BCUT2D eigenvalue weighted by molar-refractivity contribution is 0.101. The largest absolute Gasteiger partial charge is 0.362 e. The van der Waals surface area contributed by atoms with Crippen LogP contribution in [0.3, 0.4) is 0 Å². The molecular formula is C23H18Cl2N2O4S. The van der Waals surface area contributed by atoms with Crippen LogP contribution in [0.5, 0.6) is 0 Å². The Bertz CT molecular complexity index is 1290. The molecule has 0 aliphatic heterocycles. The number of carbonyl (C=O) groups is 2. The highest BCUT2D eigenvalue weighted by Gasteiger charge is 2.14. The number of ketones is 2. The Kier molecular flexibility index (Phi) is 7.35. The van der Waals surface area contributed by atoms with E-state index in [1.54, 1.807) is 36.4 Å². The second-order valence-electron chi connectivity index (χ2n) is 6.73. The summed E-state index contributed by atoms with van der Waals surface area (Å²) in [7, 11) is -3.80. The van der Waals surface area contributed by atoms with E-state index in [1.165, 1.54) is 49.5 Å². The van der Waals surface area contributed by atoms with E-state index in [0.717, 1.165) is 0 Å². The van der Waals surface area contributed by atoms with Gasteiger partial charge in [-0.3, -0.25) is 14.3 Å². The minimum absolute atomic E-state index is 0.0644. The van der Waals surface area contributed by atoms with Gasteiger partial charge in [0.25, 0.3) is 10.0 Å². The van der Waals surface area contributed by atoms with Crippen molar-refractivity contribution in [1.82, 2.24) is 0 Å². The number of hydrogen-bond acceptors (Lipinski definition) is 5. The average molecular weight is 489 g/mol. The molecule has 0 spiro atoms. The van der Waals surface area contributed by atoms with Gasteiger partial charge in [-0.15, -0.1) is 0 Å². The van der Waals surface area contributed by atoms with Gasteiger partial charge in [-0.05, 0) is 73.7 Å². The highest BCUT2D eigenvalue weighted by molar-refractivity contribution is 7.92. The van der Waals surface area contributed by atoms with Gasteiger partial charge in [0.15, 0.2) is 11.6 Å². The molecule has 164 valence electrons. The third-order valence-corrected chi connectivity index (χ3v) is 6.53. The van der Waals surface area contributed by atoms with Gasteiger partial charge < -0.3 is 5.32 Å². The molecule has 0 aromatic heterocycles. The van der Waals surface area contributed by atoms with Crippen molar-refractivity contribution >= 4 is 56.2 Å². The maximum Gasteiger partial charge on any atom is 0.261 e. The molecule has 3 aromatic rings. The Balaban J connectivity index is 1.63. The van der Waals surface area contributed by atoms with E-state index in [4.69, 9.17) is 23.2 Å². The van der Waals surface area contributed by atoms with E-state index in [2.05, 4.69) is 10.0 Å². The van der Waals surface area contributed by atoms with Crippen molar-refractivity contribution in [3.8, 4) is 0 Å². The molecule has 0 aliphatic rings. The Morgan fingerprint density at radius 1 is 0.812 bits per heavy atom. The number of hydrogen-bond donors (Lipinski definition) is 2. The predicted molar refractivity (Wildman–Crippen MR) is 127 cm³/mol. The maximum atomic E-state index is 12.6. The Morgan fingerprint density at radius 3 is 2.00 bits per heavy atom. The number of anilines is 2. The first-order valence-electron chi connectivity index (χ1n) is 9.32. The molecule has 0 aliphatic carbocycles. The molecule has 0 heterocycles. The van der Waals surface area contributed by atoms with Crippen molar-refractivity contribution in [3.05, 3.63) is 100 Å². The average Bonchev–Trinajstić information content (AvgIpc) is 2.76. The third kappa shape index (κ3) is 5.97. The standard InChI is InChI=1S/C23H18Cl2N2O4S/c1-15(28)16-2-5-19(6-3-16)27-32(30,31)20-9-7-18(8-10-20)26-13-12-23(29)17-4-11-21(24)22(25)14-17/h2-14,26-27H,1H3/b13-12-. The number of Topliss-reactive ketones (excluding diaryl/α,β-unsaturated/α-hetero) is 1. The Hall–Kier alpha value is -3.13. The van der Waals surface area contributed by atoms with Gasteiger partial charge >= 0.3 is 0 Å². The van der Waals surface area contributed by atoms with Crippen LogP contribution in [0.25, 0.3) is 0 Å². The van der Waals surface area contributed by atoms with Crippen LogP contribution in [-0.2, 0) is 10.0 Å². The predicted octanol–water partition coefficient (Wildman–Crippen LogP) is 5.81. The van der Waals surface area contributed by atoms with Gasteiger partial charge in [-0.2, -0.15) is 0 Å². The highest BCUT2D eigenvalue weighted by Crippen LogP contribution is 2.23. The van der Waals surface area contributed by atoms with Crippen molar-refractivity contribution in [2.45, 2.75) is 11.8 Å². The van der Waals surface area contributed by atoms with Gasteiger partial charge in [0.05, 0.1) is 14.9 Å². The quantitative estimate of drug-likeness (QED) is 0.308. The van der Waals surface area contributed by atoms with Gasteiger partial charge in [0.2, 0.25) is 0 Å². The normalized spacial score (nSPS) is 11.3. The molecule has 2 N–H and O–H groups in total. The van der Waals surface area contributed by atoms with E-state index in [-0.39, 0.29) is 16.5 Å². The molecule has 6 nitrogen and oxygen atoms in total. The number of sulfonamides is 1. The fraction of sp³-hybridized carbons (Fsp3) is 0.0435. The monoisotopic (exact) mass is 488 g/mol. The maximum absolute atomic E-state index is 12.6. The molecule has 32 heavy (non-hydrogen) atoms. The number of halogens is 2. The molecule has 3 rings (SSSR count). The summed E-state index contributed by atoms with van der Waals surface area (Å²) in [4.78, 5) is 23.6. The van der Waals surface area contributed by atoms with Crippen molar-refractivity contribution in [3.63, 3.8) is 0 Å². The molecule has 3 aromatic carbocycles. The molecule has 0 saturated carbocycles. The first kappa shape index (κ1) is 23.5. The number of allylic oxidation sites excluding steroid dienone is 1. The van der Waals surface area contributed by atoms with Crippen molar-refractivity contribution in [2.24, 2.45) is 0 Å². The summed E-state index contributed by atoms with van der Waals surface area (Å²) in [6, 6.07) is 16.8. The topological polar surface area (TPSA) is 92.3 Å². The van der Waals surface area contributed by atoms with E-state index < -0.39 is 10.0 Å². The van der Waals surface area contributed by atoms with Gasteiger partial charge in [0, 0.05) is 34.8 Å². The molecule has 0 unspecified atom stereocenters. The molecule has 0 atom stereocenters. The summed E-state index contributed by atoms with van der Waals surface area (Å²) < 4.78 is 27.6. The smallest absolute Gasteiger partial charge is 0.261 e. The van der Waals surface area contributed by atoms with Gasteiger partial charge in [-0.1, -0.05) is 23.2 Å². The zero-order valence-electron chi connectivity index (χ0n) is 16.8. The van der Waals surface area contributed by atoms with Crippen LogP contribution in [0.4, 0.5) is 11.4 Å². The van der Waals surface area contributed by atoms with Crippen LogP contribution in [0, 0.1) is 0 Å². The van der Waals surface area contributed by atoms with Crippen molar-refractivity contribution in [1.29, 1.82) is 0 Å². The van der Waals surface area contributed by atoms with Crippen molar-refractivity contribution < 1.29 is 18.0 Å². The van der Waals surface area contributed by atoms with Gasteiger partial charge in [0.1, 0.15) is 0 Å². The zero-order valence-corrected chi connectivity index (χ0v) is 19.1. The van der Waals surface area contributed by atoms with Crippen LogP contribution in [-0.4, -0.2) is 20.0 Å². The highest BCUT2D eigenvalue weighted by atomic mass is 35.5. The fourth-order valence-electron chi connectivity index (χ4n) is 2.68. The lowest BCUT2D eigenvalue weighted by atomic mass is 10.1. The number of carbonyl (C=O) groups excluding carboxylic acids is 2. The molecule has 9 heteroatoms. The van der Waals surface area contributed by atoms with Crippen LogP contribution in [0.1, 0.15) is 27.6 Å². The molecule has 0 saturated heterocycles. The summed E-state index contributed by atoms with van der Waals surface area (Å²) >= 11 is 11.8. The first-order valence-corrected chi connectivity index (χ1v) is 11.6. The summed E-state index contributed by atoms with van der Waals surface area (Å²) in [6.45, 7) is 1.44. The molecular weight excluding hydrogens is 471 g/mol. The lowest BCUT2D eigenvalue weighted by Gasteiger charge is -2.09. The molecule has 0 bridgehead atoms. The molecule has 0 fully saturated rings. The fourth-order valence-corrected chi connectivity index (χ4v) is 4.03. The number of rotatable bonds is 8. The van der Waals surface area contributed by atoms with Crippen molar-refractivity contribution in [2.75, 3.05) is 10.0 Å². The van der Waals surface area contributed by atoms with Crippen LogP contribution < -0.4 is 10.0 Å². The van der Waals surface area contributed by atoms with E-state index >= 15 is 0 Å². The summed E-state index contributed by atoms with van der Waals surface area (Å²) in [5.74, 6) is -0.370. The lowest BCUT2D eigenvalue weighted by Crippen LogP contribution is -2.13. The second kappa shape index (κ2) is 9.99. The second-order valence-corrected chi connectivity index (χ2v) is 9.23. The summed E-state index contributed by atoms with van der Waals surface area (Å²) in [5, 5.41) is 3.56. The SMILES string of the molecule is CC(=O)c1ccc(NS(=O)(=O)c2ccc(N/C=C\C(=O)c3ccc(Cl)c(Cl)c3)cc2)cc1. The van der Waals surface area contributed by atoms with Crippen LogP contribution >= 0.6 is 23.2 Å². The van der Waals surface area contributed by atoms with E-state index in [1.807, 2.05) is 0 Å². The minimum Gasteiger partial charge on any atom is -0.362 e. The molecule has 0 amide bonds. The number of benzene rings is 3. The Morgan fingerprint density at radius 2 is 1.41 bits per heavy atom. The van der Waals surface area contributed by atoms with Gasteiger partial charge in [-0.25, -0.2) is 8.42 Å². The van der Waals surface area contributed by atoms with Crippen LogP contribution in [0.15, 0.2) is 83.9 Å². The summed E-state index contributed by atoms with van der Waals surface area (Å²) in [6.07, 6.45) is 2.78. The first-order chi connectivity index (χ1) is 15.2. The van der Waals surface area contributed by atoms with Crippen LogP contribution in [0.2, 0.25) is 10.0 Å². The van der Waals surface area contributed by atoms with E-state index in [0.29, 0.717) is 32.5 Å². The molecule has 0 radical (unpaired) electrons.